The van der Waals surface area contributed by atoms with E-state index in [1.807, 2.05) is 17.9 Å². The molecule has 0 unspecified atom stereocenters. The summed E-state index contributed by atoms with van der Waals surface area (Å²) in [7, 11) is 0. The van der Waals surface area contributed by atoms with Gasteiger partial charge in [-0.1, -0.05) is 17.9 Å². The highest BCUT2D eigenvalue weighted by molar-refractivity contribution is 5.73. The Morgan fingerprint density at radius 1 is 1.19 bits per heavy atom. The fraction of sp³-hybridized carbons (Fsp3) is 0.316. The van der Waals surface area contributed by atoms with E-state index in [4.69, 9.17) is 5.73 Å². The minimum atomic E-state index is 0.0759. The Balaban J connectivity index is 1.93. The van der Waals surface area contributed by atoms with Crippen LogP contribution >= 0.6 is 0 Å². The van der Waals surface area contributed by atoms with Crippen molar-refractivity contribution in [3.05, 3.63) is 41.1 Å². The summed E-state index contributed by atoms with van der Waals surface area (Å²) in [5.74, 6) is 7.30. The molecule has 3 rings (SSSR count). The van der Waals surface area contributed by atoms with E-state index in [2.05, 4.69) is 26.7 Å². The van der Waals surface area contributed by atoms with Crippen LogP contribution in [0.3, 0.4) is 0 Å². The highest BCUT2D eigenvalue weighted by atomic mass is 16.3. The van der Waals surface area contributed by atoms with Gasteiger partial charge in [-0.05, 0) is 25.1 Å². The molecule has 3 N–H and O–H groups in total. The largest absolute Gasteiger partial charge is 0.508 e. The number of hydrogen-bond donors (Lipinski definition) is 2. The lowest BCUT2D eigenvalue weighted by Gasteiger charge is -2.35. The van der Waals surface area contributed by atoms with Crippen LogP contribution in [0, 0.1) is 18.8 Å². The van der Waals surface area contributed by atoms with E-state index in [1.165, 1.54) is 0 Å². The lowest BCUT2D eigenvalue weighted by atomic mass is 10.1. The second-order valence-corrected chi connectivity index (χ2v) is 6.16. The number of carbonyl (C=O) groups is 1. The molecular formula is C19H21N5O2. The molecule has 1 aromatic carbocycles. The minimum absolute atomic E-state index is 0.0759. The van der Waals surface area contributed by atoms with Gasteiger partial charge < -0.3 is 20.6 Å². The number of benzene rings is 1. The Morgan fingerprint density at radius 2 is 1.92 bits per heavy atom. The van der Waals surface area contributed by atoms with E-state index < -0.39 is 0 Å². The van der Waals surface area contributed by atoms with Crippen molar-refractivity contribution in [3.8, 4) is 17.6 Å². The van der Waals surface area contributed by atoms with Gasteiger partial charge in [0.2, 0.25) is 11.9 Å². The highest BCUT2D eigenvalue weighted by Crippen LogP contribution is 2.22. The molecule has 0 aliphatic carbocycles. The fourth-order valence-corrected chi connectivity index (χ4v) is 2.91. The number of nitrogens with zero attached hydrogens (tertiary/aromatic N) is 4. The Hall–Kier alpha value is -3.27. The van der Waals surface area contributed by atoms with Crippen LogP contribution in [0.4, 0.5) is 11.8 Å². The molecule has 134 valence electrons. The van der Waals surface area contributed by atoms with Gasteiger partial charge in [0.05, 0.1) is 11.3 Å². The summed E-state index contributed by atoms with van der Waals surface area (Å²) in [6, 6.07) is 6.77. The molecule has 7 nitrogen and oxygen atoms in total. The van der Waals surface area contributed by atoms with Gasteiger partial charge in [-0.2, -0.15) is 4.98 Å². The maximum atomic E-state index is 11.5. The summed E-state index contributed by atoms with van der Waals surface area (Å²) in [6.45, 7) is 6.02. The number of aromatic nitrogens is 2. The summed E-state index contributed by atoms with van der Waals surface area (Å²) in [5, 5.41) is 9.58. The number of rotatable bonds is 1. The first kappa shape index (κ1) is 17.5. The van der Waals surface area contributed by atoms with Crippen LogP contribution in [0.5, 0.6) is 5.75 Å². The zero-order chi connectivity index (χ0) is 18.7. The lowest BCUT2D eigenvalue weighted by molar-refractivity contribution is -0.129. The number of phenolic OH excluding ortho intramolecular Hbond substituents is 1. The summed E-state index contributed by atoms with van der Waals surface area (Å²) in [4.78, 5) is 24.0. The molecule has 1 aliphatic heterocycles. The topological polar surface area (TPSA) is 95.6 Å². The third-order valence-electron chi connectivity index (χ3n) is 4.29. The number of nitrogen functional groups attached to an aromatic ring is 1. The van der Waals surface area contributed by atoms with Crippen molar-refractivity contribution >= 4 is 17.7 Å². The Labute approximate surface area is 152 Å². The number of nitrogens with two attached hydrogens (primary N) is 1. The number of amides is 1. The van der Waals surface area contributed by atoms with Crippen LogP contribution in [-0.2, 0) is 4.79 Å². The monoisotopic (exact) mass is 351 g/mol. The smallest absolute Gasteiger partial charge is 0.222 e. The lowest BCUT2D eigenvalue weighted by Crippen LogP contribution is -2.48. The molecule has 7 heteroatoms. The van der Waals surface area contributed by atoms with Crippen molar-refractivity contribution in [1.29, 1.82) is 0 Å². The molecule has 26 heavy (non-hydrogen) atoms. The summed E-state index contributed by atoms with van der Waals surface area (Å²) in [5.41, 5.74) is 7.96. The summed E-state index contributed by atoms with van der Waals surface area (Å²) < 4.78 is 0. The van der Waals surface area contributed by atoms with Crippen LogP contribution in [0.25, 0.3) is 0 Å². The summed E-state index contributed by atoms with van der Waals surface area (Å²) >= 11 is 0. The molecule has 1 amide bonds. The van der Waals surface area contributed by atoms with Gasteiger partial charge in [0, 0.05) is 38.7 Å². The maximum absolute atomic E-state index is 11.5. The average molecular weight is 351 g/mol. The van der Waals surface area contributed by atoms with Gasteiger partial charge in [-0.25, -0.2) is 4.98 Å². The van der Waals surface area contributed by atoms with Crippen molar-refractivity contribution < 1.29 is 9.90 Å². The number of anilines is 2. The Kier molecular flexibility index (Phi) is 4.94. The number of phenols is 1. The molecule has 0 saturated carbocycles. The predicted molar refractivity (Wildman–Crippen MR) is 99.7 cm³/mol. The van der Waals surface area contributed by atoms with Crippen molar-refractivity contribution in [1.82, 2.24) is 14.9 Å². The Morgan fingerprint density at radius 3 is 2.58 bits per heavy atom. The van der Waals surface area contributed by atoms with E-state index in [9.17, 15) is 9.90 Å². The molecule has 0 atom stereocenters. The van der Waals surface area contributed by atoms with Crippen LogP contribution in [0.2, 0.25) is 0 Å². The van der Waals surface area contributed by atoms with Crippen LogP contribution in [0.15, 0.2) is 24.3 Å². The molecule has 1 aliphatic rings. The fourth-order valence-electron chi connectivity index (χ4n) is 2.91. The molecule has 2 heterocycles. The highest BCUT2D eigenvalue weighted by Gasteiger charge is 2.22. The summed E-state index contributed by atoms with van der Waals surface area (Å²) in [6.07, 6.45) is 0. The van der Waals surface area contributed by atoms with E-state index >= 15 is 0 Å². The van der Waals surface area contributed by atoms with E-state index in [0.29, 0.717) is 48.8 Å². The van der Waals surface area contributed by atoms with Gasteiger partial charge >= 0.3 is 0 Å². The first-order valence-electron chi connectivity index (χ1n) is 8.39. The number of aromatic hydroxyl groups is 1. The zero-order valence-electron chi connectivity index (χ0n) is 14.9. The first-order valence-corrected chi connectivity index (χ1v) is 8.39. The third kappa shape index (κ3) is 3.86. The first-order chi connectivity index (χ1) is 12.4. The number of hydrogen-bond acceptors (Lipinski definition) is 6. The molecule has 0 spiro atoms. The zero-order valence-corrected chi connectivity index (χ0v) is 14.9. The van der Waals surface area contributed by atoms with Crippen molar-refractivity contribution in [3.63, 3.8) is 0 Å². The van der Waals surface area contributed by atoms with E-state index in [1.54, 1.807) is 25.1 Å². The van der Waals surface area contributed by atoms with Crippen LogP contribution in [0.1, 0.15) is 23.7 Å². The van der Waals surface area contributed by atoms with Crippen LogP contribution < -0.4 is 10.6 Å². The van der Waals surface area contributed by atoms with Crippen molar-refractivity contribution in [2.45, 2.75) is 13.8 Å². The van der Waals surface area contributed by atoms with Crippen molar-refractivity contribution in [2.24, 2.45) is 0 Å². The normalized spacial score (nSPS) is 13.9. The number of aryl methyl sites for hydroxylation is 1. The molecule has 0 bridgehead atoms. The quantitative estimate of drug-likeness (QED) is 0.748. The molecule has 1 fully saturated rings. The van der Waals surface area contributed by atoms with Gasteiger partial charge in [-0.15, -0.1) is 0 Å². The van der Waals surface area contributed by atoms with E-state index in [0.717, 1.165) is 0 Å². The standard InChI is InChI=1S/C19H21N5O2/c1-13-17(7-6-15-4-3-5-16(26)12-15)18(22-19(20)21-13)24-10-8-23(9-11-24)14(2)25/h3-5,12,26H,8-11H2,1-2H3,(H2,20,21,22). The number of piperazine rings is 1. The minimum Gasteiger partial charge on any atom is -0.508 e. The second-order valence-electron chi connectivity index (χ2n) is 6.16. The third-order valence-corrected chi connectivity index (χ3v) is 4.29. The molecule has 0 radical (unpaired) electrons. The average Bonchev–Trinajstić information content (AvgIpc) is 2.60. The second kappa shape index (κ2) is 7.31. The SMILES string of the molecule is CC(=O)N1CCN(c2nc(N)nc(C)c2C#Cc2cccc(O)c2)CC1. The van der Waals surface area contributed by atoms with Crippen molar-refractivity contribution in [2.75, 3.05) is 36.8 Å². The Bertz CT molecular complexity index is 893. The van der Waals surface area contributed by atoms with Gasteiger partial charge in [-0.3, -0.25) is 4.79 Å². The molecule has 2 aromatic rings. The predicted octanol–water partition coefficient (Wildman–Crippen LogP) is 1.14. The van der Waals surface area contributed by atoms with E-state index in [-0.39, 0.29) is 17.6 Å². The van der Waals surface area contributed by atoms with Crippen LogP contribution in [-0.4, -0.2) is 52.1 Å². The van der Waals surface area contributed by atoms with Gasteiger partial charge in [0.1, 0.15) is 11.6 Å². The number of carbonyl (C=O) groups excluding carboxylic acids is 1. The maximum Gasteiger partial charge on any atom is 0.222 e. The van der Waals surface area contributed by atoms with Gasteiger partial charge in [0.25, 0.3) is 0 Å². The van der Waals surface area contributed by atoms with Gasteiger partial charge in [0.15, 0.2) is 0 Å². The molecule has 1 saturated heterocycles. The molecule has 1 aromatic heterocycles. The molecular weight excluding hydrogens is 330 g/mol.